The Labute approximate surface area is 197 Å². The average molecular weight is 477 g/mol. The number of anilines is 2. The molecule has 1 aliphatic rings. The number of hydrogen-bond donors (Lipinski definition) is 0. The first-order valence-electron chi connectivity index (χ1n) is 10.4. The number of benzene rings is 3. The largest absolute Gasteiger partial charge is 0.805 e. The van der Waals surface area contributed by atoms with Gasteiger partial charge >= 0.3 is 0 Å². The Kier molecular flexibility index (Phi) is 5.18. The number of non-ortho nitro benzene ring substituents is 1. The zero-order valence-corrected chi connectivity index (χ0v) is 18.5. The van der Waals surface area contributed by atoms with Crippen molar-refractivity contribution in [3.8, 4) is 6.07 Å². The van der Waals surface area contributed by atoms with Crippen LogP contribution in [0.5, 0.6) is 0 Å². The maximum atomic E-state index is 13.1. The summed E-state index contributed by atoms with van der Waals surface area (Å²) in [4.78, 5) is 27.6. The minimum Gasteiger partial charge on any atom is -0.805 e. The summed E-state index contributed by atoms with van der Waals surface area (Å²) < 4.78 is 1.31. The van der Waals surface area contributed by atoms with Crippen LogP contribution in [0.3, 0.4) is 0 Å². The molecular weight excluding hydrogens is 460 g/mol. The van der Waals surface area contributed by atoms with Crippen LogP contribution >= 0.6 is 11.6 Å². The molecule has 5 rings (SSSR count). The molecule has 0 atom stereocenters. The van der Waals surface area contributed by atoms with E-state index < -0.39 is 4.92 Å². The average Bonchev–Trinajstić information content (AvgIpc) is 2.86. The molecular formula is C23H17ClN6O4. The van der Waals surface area contributed by atoms with Gasteiger partial charge in [0.25, 0.3) is 16.7 Å². The standard InChI is InChI=1S/C23H17ClN6O4/c24-16-1-6-19-22(12-16)29(32)21-11-15(14-25)20(13-23(21)28(19)31)27-9-7-26(8-10-27)17-2-4-18(5-3-17)30(33)34/h1-6,11-13H,7-10H2. The smallest absolute Gasteiger partial charge is 0.288 e. The molecule has 10 nitrogen and oxygen atoms in total. The van der Waals surface area contributed by atoms with Crippen LogP contribution < -0.4 is 14.2 Å². The van der Waals surface area contributed by atoms with E-state index in [-0.39, 0.29) is 27.8 Å². The molecule has 34 heavy (non-hydrogen) atoms. The van der Waals surface area contributed by atoms with Crippen molar-refractivity contribution in [3.63, 3.8) is 0 Å². The van der Waals surface area contributed by atoms with Gasteiger partial charge in [-0.15, -0.1) is 0 Å². The van der Waals surface area contributed by atoms with Crippen molar-refractivity contribution in [3.05, 3.63) is 85.4 Å². The van der Waals surface area contributed by atoms with Crippen LogP contribution in [0.1, 0.15) is 5.56 Å². The Bertz CT molecular complexity index is 1550. The van der Waals surface area contributed by atoms with Crippen LogP contribution in [0.25, 0.3) is 22.1 Å². The molecule has 2 heterocycles. The maximum Gasteiger partial charge on any atom is 0.288 e. The van der Waals surface area contributed by atoms with Crippen molar-refractivity contribution < 1.29 is 9.35 Å². The summed E-state index contributed by atoms with van der Waals surface area (Å²) in [5.41, 5.74) is 2.35. The van der Waals surface area contributed by atoms with Crippen LogP contribution in [-0.2, 0) is 0 Å². The topological polar surface area (TPSA) is 124 Å². The van der Waals surface area contributed by atoms with Crippen molar-refractivity contribution in [1.82, 2.24) is 4.73 Å². The van der Waals surface area contributed by atoms with Crippen molar-refractivity contribution in [1.29, 1.82) is 5.26 Å². The van der Waals surface area contributed by atoms with E-state index in [2.05, 4.69) is 11.0 Å². The van der Waals surface area contributed by atoms with Gasteiger partial charge in [-0.3, -0.25) is 10.1 Å². The van der Waals surface area contributed by atoms with Gasteiger partial charge in [-0.2, -0.15) is 5.26 Å². The molecule has 1 fully saturated rings. The zero-order chi connectivity index (χ0) is 24.0. The van der Waals surface area contributed by atoms with Crippen molar-refractivity contribution >= 4 is 50.7 Å². The van der Waals surface area contributed by atoms with Gasteiger partial charge in [0, 0.05) is 66.1 Å². The second-order valence-corrected chi connectivity index (χ2v) is 8.38. The van der Waals surface area contributed by atoms with Gasteiger partial charge in [0.1, 0.15) is 17.1 Å². The highest BCUT2D eigenvalue weighted by Gasteiger charge is 2.24. The highest BCUT2D eigenvalue weighted by atomic mass is 35.5. The number of rotatable bonds is 3. The van der Waals surface area contributed by atoms with E-state index in [1.54, 1.807) is 24.3 Å². The maximum absolute atomic E-state index is 13.1. The van der Waals surface area contributed by atoms with Crippen LogP contribution in [0.4, 0.5) is 17.1 Å². The lowest BCUT2D eigenvalue weighted by Crippen LogP contribution is -2.46. The second kappa shape index (κ2) is 8.20. The first-order chi connectivity index (χ1) is 16.4. The van der Waals surface area contributed by atoms with Crippen LogP contribution in [-0.4, -0.2) is 35.8 Å². The van der Waals surface area contributed by atoms with Gasteiger partial charge < -0.3 is 19.7 Å². The quantitative estimate of drug-likeness (QED) is 0.190. The molecule has 4 aromatic rings. The summed E-state index contributed by atoms with van der Waals surface area (Å²) in [6.45, 7) is 2.37. The molecule has 0 N–H and O–H groups in total. The lowest BCUT2D eigenvalue weighted by Gasteiger charge is -2.37. The minimum absolute atomic E-state index is 0.0357. The molecule has 0 amide bonds. The van der Waals surface area contributed by atoms with E-state index in [9.17, 15) is 25.5 Å². The van der Waals surface area contributed by atoms with Gasteiger partial charge in [0.15, 0.2) is 0 Å². The summed E-state index contributed by atoms with van der Waals surface area (Å²) >= 11 is 6.00. The first kappa shape index (κ1) is 21.5. The zero-order valence-electron chi connectivity index (χ0n) is 17.7. The predicted octanol–water partition coefficient (Wildman–Crippen LogP) is 3.81. The van der Waals surface area contributed by atoms with E-state index in [0.29, 0.717) is 51.6 Å². The normalized spacial score (nSPS) is 13.9. The predicted molar refractivity (Wildman–Crippen MR) is 129 cm³/mol. The monoisotopic (exact) mass is 476 g/mol. The van der Waals surface area contributed by atoms with E-state index in [4.69, 9.17) is 11.6 Å². The highest BCUT2D eigenvalue weighted by Crippen LogP contribution is 2.29. The van der Waals surface area contributed by atoms with E-state index in [0.717, 1.165) is 5.69 Å². The third-order valence-electron chi connectivity index (χ3n) is 6.07. The number of nitro groups is 1. The Hall–Kier alpha value is -4.36. The number of aromatic nitrogens is 2. The fourth-order valence-corrected chi connectivity index (χ4v) is 4.49. The second-order valence-electron chi connectivity index (χ2n) is 7.94. The van der Waals surface area contributed by atoms with Crippen LogP contribution in [0, 0.1) is 31.6 Å². The van der Waals surface area contributed by atoms with Gasteiger partial charge in [-0.05, 0) is 30.3 Å². The number of fused-ring (bicyclic) bond motifs is 2. The van der Waals surface area contributed by atoms with Crippen molar-refractivity contribution in [2.75, 3.05) is 36.0 Å². The molecule has 11 heteroatoms. The van der Waals surface area contributed by atoms with Crippen LogP contribution in [0.2, 0.25) is 5.02 Å². The first-order valence-corrected chi connectivity index (χ1v) is 10.8. The summed E-state index contributed by atoms with van der Waals surface area (Å²) in [6, 6.07) is 16.0. The molecule has 0 unspecified atom stereocenters. The number of nitro benzene ring substituents is 1. The Balaban J connectivity index is 1.49. The van der Waals surface area contributed by atoms with Crippen molar-refractivity contribution in [2.45, 2.75) is 0 Å². The summed E-state index contributed by atoms with van der Waals surface area (Å²) in [7, 11) is 0. The van der Waals surface area contributed by atoms with Gasteiger partial charge in [-0.1, -0.05) is 11.6 Å². The van der Waals surface area contributed by atoms with Gasteiger partial charge in [0.05, 0.1) is 20.6 Å². The molecule has 1 aromatic heterocycles. The molecule has 3 aromatic carbocycles. The molecule has 0 aliphatic carbocycles. The van der Waals surface area contributed by atoms with E-state index in [1.807, 2.05) is 4.90 Å². The molecule has 1 aliphatic heterocycles. The van der Waals surface area contributed by atoms with E-state index in [1.165, 1.54) is 30.3 Å². The Morgan fingerprint density at radius 1 is 0.941 bits per heavy atom. The van der Waals surface area contributed by atoms with Gasteiger partial charge in [0.2, 0.25) is 0 Å². The lowest BCUT2D eigenvalue weighted by atomic mass is 10.1. The third-order valence-corrected chi connectivity index (χ3v) is 6.31. The fraction of sp³-hybridized carbons (Fsp3) is 0.174. The minimum atomic E-state index is -0.434. The third kappa shape index (κ3) is 3.52. The Morgan fingerprint density at radius 2 is 1.59 bits per heavy atom. The van der Waals surface area contributed by atoms with E-state index >= 15 is 0 Å². The summed E-state index contributed by atoms with van der Waals surface area (Å²) in [6.07, 6.45) is 0. The summed E-state index contributed by atoms with van der Waals surface area (Å²) in [5.74, 6) is 0. The van der Waals surface area contributed by atoms with Crippen molar-refractivity contribution in [2.24, 2.45) is 0 Å². The number of nitrogens with zero attached hydrogens (tertiary/aromatic N) is 6. The van der Waals surface area contributed by atoms with Gasteiger partial charge in [-0.25, -0.2) is 0 Å². The number of piperazine rings is 1. The fourth-order valence-electron chi connectivity index (χ4n) is 4.32. The Morgan fingerprint density at radius 3 is 2.24 bits per heavy atom. The molecule has 170 valence electrons. The molecule has 0 spiro atoms. The SMILES string of the molecule is N#Cc1cc2c(cc1N1CCN(c3ccc([N+](=O)[O-])cc3)CC1)[n+](=O)c1ccc(Cl)cc1n2[O-]. The molecule has 0 saturated carbocycles. The number of nitriles is 1. The number of halogens is 1. The molecule has 0 radical (unpaired) electrons. The summed E-state index contributed by atoms with van der Waals surface area (Å²) in [5, 5.41) is 33.9. The van der Waals surface area contributed by atoms with Crippen LogP contribution in [0.15, 0.2) is 54.6 Å². The highest BCUT2D eigenvalue weighted by molar-refractivity contribution is 6.31. The number of hydrogen-bond acceptors (Lipinski definition) is 7. The molecule has 1 saturated heterocycles. The molecule has 0 bridgehead atoms. The lowest BCUT2D eigenvalue weighted by molar-refractivity contribution is -0.432.